The van der Waals surface area contributed by atoms with Crippen molar-refractivity contribution >= 4 is 13.7 Å². The Morgan fingerprint density at radius 3 is 1.12 bits per heavy atom. The fourth-order valence-electron chi connectivity index (χ4n) is 9.46. The number of likely N-dealkylation sites (N-methyl/N-ethyl adjacent to an activating group) is 1. The van der Waals surface area contributed by atoms with Gasteiger partial charge in [0, 0.05) is 6.42 Å². The topological polar surface area (TPSA) is 105 Å². The summed E-state index contributed by atoms with van der Waals surface area (Å²) in [5.74, 6) is -0.138. The minimum atomic E-state index is -4.32. The normalized spacial score (nSPS) is 13.9. The van der Waals surface area contributed by atoms with Gasteiger partial charge in [0.1, 0.15) is 13.2 Å². The average Bonchev–Trinajstić information content (AvgIpc) is 3.31. The van der Waals surface area contributed by atoms with Gasteiger partial charge in [-0.15, -0.1) is 0 Å². The van der Waals surface area contributed by atoms with Crippen LogP contribution in [-0.2, 0) is 18.4 Å². The van der Waals surface area contributed by atoms with Crippen molar-refractivity contribution in [3.63, 3.8) is 0 Å². The molecule has 0 aliphatic heterocycles. The molecule has 412 valence electrons. The second-order valence-electron chi connectivity index (χ2n) is 22.4. The molecule has 69 heavy (non-hydrogen) atoms. The predicted molar refractivity (Wildman–Crippen MR) is 300 cm³/mol. The van der Waals surface area contributed by atoms with Gasteiger partial charge in [0.15, 0.2) is 0 Å². The summed E-state index contributed by atoms with van der Waals surface area (Å²) >= 11 is 0. The molecule has 0 radical (unpaired) electrons. The largest absolute Gasteiger partial charge is 0.472 e. The summed E-state index contributed by atoms with van der Waals surface area (Å²) in [5, 5.41) is 14.1. The summed E-state index contributed by atoms with van der Waals surface area (Å²) in [7, 11) is 1.63. The van der Waals surface area contributed by atoms with Crippen molar-refractivity contribution in [3.05, 3.63) is 12.2 Å². The maximum Gasteiger partial charge on any atom is 0.472 e. The van der Waals surface area contributed by atoms with Crippen molar-refractivity contribution in [2.75, 3.05) is 40.9 Å². The highest BCUT2D eigenvalue weighted by Gasteiger charge is 2.28. The van der Waals surface area contributed by atoms with E-state index >= 15 is 0 Å². The smallest absolute Gasteiger partial charge is 0.391 e. The average molecular weight is 999 g/mol. The third-order valence-corrected chi connectivity index (χ3v) is 15.2. The summed E-state index contributed by atoms with van der Waals surface area (Å²) in [6.07, 6.45) is 64.2. The molecule has 1 amide bonds. The van der Waals surface area contributed by atoms with Crippen LogP contribution in [0.3, 0.4) is 0 Å². The van der Waals surface area contributed by atoms with Gasteiger partial charge < -0.3 is 19.8 Å². The van der Waals surface area contributed by atoms with Crippen LogP contribution in [0.2, 0.25) is 0 Å². The first-order valence-electron chi connectivity index (χ1n) is 30.6. The molecule has 3 unspecified atom stereocenters. The van der Waals surface area contributed by atoms with Gasteiger partial charge in [0.25, 0.3) is 0 Å². The quantitative estimate of drug-likeness (QED) is 0.0243. The number of carbonyl (C=O) groups is 1. The van der Waals surface area contributed by atoms with Crippen LogP contribution in [0.25, 0.3) is 0 Å². The first-order chi connectivity index (χ1) is 33.5. The summed E-state index contributed by atoms with van der Waals surface area (Å²) in [6.45, 7) is 4.94. The first-order valence-corrected chi connectivity index (χ1v) is 32.0. The van der Waals surface area contributed by atoms with Crippen LogP contribution in [0.4, 0.5) is 0 Å². The number of aliphatic hydroxyl groups excluding tert-OH is 1. The standard InChI is InChI=1S/C60H121N2O6P/c1-6-8-10-12-14-16-18-20-22-24-26-28-30-31-32-34-36-38-40-42-44-46-48-50-52-54-60(64)61-58(57-68-69(65,66)67-56-55-62(3,4)5)59(63)53-51-49-47-45-43-41-39-37-35-33-29-27-25-23-21-19-17-15-13-11-9-7-2/h24,26,58-59,63H,6-23,25,27-57H2,1-5H3,(H-,61,64,65,66)/p+1/b26-24-. The molecule has 0 fully saturated rings. The zero-order valence-corrected chi connectivity index (χ0v) is 48.0. The zero-order chi connectivity index (χ0) is 50.6. The molecule has 0 aromatic rings. The third-order valence-electron chi connectivity index (χ3n) is 14.3. The summed E-state index contributed by atoms with van der Waals surface area (Å²) < 4.78 is 23.8. The maximum absolute atomic E-state index is 13.0. The van der Waals surface area contributed by atoms with Crippen LogP contribution in [0.1, 0.15) is 316 Å². The number of nitrogens with zero attached hydrogens (tertiary/aromatic N) is 1. The number of carbonyl (C=O) groups excluding carboxylic acids is 1. The summed E-state index contributed by atoms with van der Waals surface area (Å²) in [5.41, 5.74) is 0. The van der Waals surface area contributed by atoms with E-state index in [-0.39, 0.29) is 19.1 Å². The Labute approximate surface area is 431 Å². The van der Waals surface area contributed by atoms with E-state index in [1.807, 2.05) is 21.1 Å². The number of aliphatic hydroxyl groups is 1. The van der Waals surface area contributed by atoms with E-state index in [2.05, 4.69) is 31.3 Å². The van der Waals surface area contributed by atoms with Crippen LogP contribution in [-0.4, -0.2) is 73.4 Å². The van der Waals surface area contributed by atoms with Crippen LogP contribution in [0, 0.1) is 0 Å². The Morgan fingerprint density at radius 2 is 0.783 bits per heavy atom. The van der Waals surface area contributed by atoms with Gasteiger partial charge in [0.2, 0.25) is 5.91 Å². The van der Waals surface area contributed by atoms with Crippen LogP contribution in [0.15, 0.2) is 12.2 Å². The second-order valence-corrected chi connectivity index (χ2v) is 23.9. The van der Waals surface area contributed by atoms with Crippen LogP contribution in [0.5, 0.6) is 0 Å². The van der Waals surface area contributed by atoms with Crippen LogP contribution >= 0.6 is 7.82 Å². The molecule has 0 aliphatic carbocycles. The van der Waals surface area contributed by atoms with Crippen LogP contribution < -0.4 is 5.32 Å². The minimum absolute atomic E-state index is 0.0776. The molecule has 3 atom stereocenters. The van der Waals surface area contributed by atoms with Crippen molar-refractivity contribution in [3.8, 4) is 0 Å². The number of nitrogens with one attached hydrogen (secondary N) is 1. The highest BCUT2D eigenvalue weighted by molar-refractivity contribution is 7.47. The molecule has 0 saturated heterocycles. The van der Waals surface area contributed by atoms with E-state index in [4.69, 9.17) is 9.05 Å². The Balaban J connectivity index is 4.10. The number of quaternary nitrogens is 1. The number of amides is 1. The van der Waals surface area contributed by atoms with E-state index < -0.39 is 20.0 Å². The van der Waals surface area contributed by atoms with Gasteiger partial charge in [-0.2, -0.15) is 0 Å². The molecule has 3 N–H and O–H groups in total. The van der Waals surface area contributed by atoms with Crippen molar-refractivity contribution in [2.24, 2.45) is 0 Å². The van der Waals surface area contributed by atoms with Crippen molar-refractivity contribution in [1.82, 2.24) is 5.32 Å². The van der Waals surface area contributed by atoms with Crippen molar-refractivity contribution in [1.29, 1.82) is 0 Å². The van der Waals surface area contributed by atoms with Gasteiger partial charge in [-0.25, -0.2) is 4.57 Å². The molecule has 0 spiro atoms. The molecule has 0 aromatic heterocycles. The van der Waals surface area contributed by atoms with Gasteiger partial charge in [-0.1, -0.05) is 283 Å². The molecule has 0 bridgehead atoms. The highest BCUT2D eigenvalue weighted by Crippen LogP contribution is 2.43. The Morgan fingerprint density at radius 1 is 0.478 bits per heavy atom. The lowest BCUT2D eigenvalue weighted by Gasteiger charge is -2.26. The SMILES string of the molecule is CCCCCCCCCC/C=C\CCCCCCCCCCCCCCCC(=O)NC(COP(=O)(O)OCC[N+](C)(C)C)C(O)CCCCCCCCCCCCCCCCCCCCCCCC. The fourth-order valence-corrected chi connectivity index (χ4v) is 10.2. The lowest BCUT2D eigenvalue weighted by molar-refractivity contribution is -0.870. The summed E-state index contributed by atoms with van der Waals surface area (Å²) in [4.78, 5) is 23.4. The van der Waals surface area contributed by atoms with Crippen molar-refractivity contribution < 1.29 is 32.9 Å². The second kappa shape index (κ2) is 52.1. The van der Waals surface area contributed by atoms with Gasteiger partial charge in [0.05, 0.1) is 39.9 Å². The third kappa shape index (κ3) is 54.8. The Bertz CT molecular complexity index is 1130. The number of hydrogen-bond donors (Lipinski definition) is 3. The Hall–Kier alpha value is -0.760. The van der Waals surface area contributed by atoms with E-state index in [0.717, 1.165) is 38.5 Å². The number of allylic oxidation sites excluding steroid dienone is 2. The zero-order valence-electron chi connectivity index (χ0n) is 47.1. The van der Waals surface area contributed by atoms with E-state index in [1.165, 1.54) is 250 Å². The molecule has 0 aromatic carbocycles. The van der Waals surface area contributed by atoms with E-state index in [1.54, 1.807) is 0 Å². The lowest BCUT2D eigenvalue weighted by Crippen LogP contribution is -2.46. The molecule has 0 heterocycles. The van der Waals surface area contributed by atoms with Gasteiger partial charge >= 0.3 is 7.82 Å². The van der Waals surface area contributed by atoms with E-state index in [9.17, 15) is 19.4 Å². The number of rotatable bonds is 57. The maximum atomic E-state index is 13.0. The molecule has 9 heteroatoms. The molecular formula is C60H122N2O6P+. The minimum Gasteiger partial charge on any atom is -0.391 e. The van der Waals surface area contributed by atoms with Gasteiger partial charge in [-0.05, 0) is 38.5 Å². The molecule has 8 nitrogen and oxygen atoms in total. The summed E-state index contributed by atoms with van der Waals surface area (Å²) in [6, 6.07) is -0.758. The molecular weight excluding hydrogens is 876 g/mol. The van der Waals surface area contributed by atoms with E-state index in [0.29, 0.717) is 23.9 Å². The Kier molecular flexibility index (Phi) is 51.5. The van der Waals surface area contributed by atoms with Crippen molar-refractivity contribution in [2.45, 2.75) is 328 Å². The fraction of sp³-hybridized carbons (Fsp3) is 0.950. The lowest BCUT2D eigenvalue weighted by atomic mass is 10.0. The number of unbranched alkanes of at least 4 members (excludes halogenated alkanes) is 42. The number of hydrogen-bond acceptors (Lipinski definition) is 5. The van der Waals surface area contributed by atoms with Gasteiger partial charge in [-0.3, -0.25) is 13.8 Å². The monoisotopic (exact) mass is 998 g/mol. The molecule has 0 saturated carbocycles. The predicted octanol–water partition coefficient (Wildman–Crippen LogP) is 18.6. The first kappa shape index (κ1) is 68.2. The number of phosphoric acid groups is 1. The molecule has 0 rings (SSSR count). The number of phosphoric ester groups is 1. The highest BCUT2D eigenvalue weighted by atomic mass is 31.2. The molecule has 0 aliphatic rings.